The van der Waals surface area contributed by atoms with Crippen LogP contribution >= 0.6 is 25.1 Å². The van der Waals surface area contributed by atoms with Crippen molar-refractivity contribution in [2.45, 2.75) is 166 Å². The molecule has 57 heavy (non-hydrogen) atoms. The number of ketones is 2. The number of esters is 1. The Morgan fingerprint density at radius 2 is 1.61 bits per heavy atom. The molecular weight excluding hydrogens is 774 g/mol. The van der Waals surface area contributed by atoms with Gasteiger partial charge in [0.1, 0.15) is 24.0 Å². The third-order valence-electron chi connectivity index (χ3n) is 12.8. The lowest BCUT2D eigenvalue weighted by atomic mass is 9.82. The van der Waals surface area contributed by atoms with E-state index in [2.05, 4.69) is 6.92 Å². The summed E-state index contributed by atoms with van der Waals surface area (Å²) >= 11 is 6.52. The molecule has 2 bridgehead atoms. The van der Waals surface area contributed by atoms with Crippen molar-refractivity contribution in [3.63, 3.8) is 0 Å². The van der Waals surface area contributed by atoms with Crippen LogP contribution in [0.5, 0.6) is 0 Å². The van der Waals surface area contributed by atoms with Crippen molar-refractivity contribution in [1.29, 1.82) is 0 Å². The van der Waals surface area contributed by atoms with Crippen molar-refractivity contribution in [2.24, 2.45) is 29.6 Å². The van der Waals surface area contributed by atoms with E-state index in [1.54, 1.807) is 21.0 Å². The molecule has 1 amide bonds. The summed E-state index contributed by atoms with van der Waals surface area (Å²) in [4.78, 5) is 57.7. The van der Waals surface area contributed by atoms with Gasteiger partial charge in [0.2, 0.25) is 5.79 Å². The van der Waals surface area contributed by atoms with E-state index < -0.39 is 77.8 Å². The van der Waals surface area contributed by atoms with E-state index in [1.165, 1.54) is 19.1 Å². The van der Waals surface area contributed by atoms with E-state index >= 15 is 0 Å². The Hall–Kier alpha value is -1.84. The summed E-state index contributed by atoms with van der Waals surface area (Å²) in [7, 11) is 4.71. The van der Waals surface area contributed by atoms with Crippen molar-refractivity contribution >= 4 is 48.5 Å². The van der Waals surface area contributed by atoms with Crippen LogP contribution in [0.25, 0.3) is 0 Å². The average molecular weight is 845 g/mol. The fraction of sp³-hybridized carbons (Fsp3) is 0.814. The monoisotopic (exact) mass is 843 g/mol. The molecule has 3 fully saturated rings. The average Bonchev–Trinajstić information content (AvgIpc) is 3.18. The third kappa shape index (κ3) is 11.9. The number of alkyl halides is 1. The molecule has 14 atom stereocenters. The molecule has 4 rings (SSSR count). The smallest absolute Gasteiger partial charge is 0.329 e. The van der Waals surface area contributed by atoms with Crippen LogP contribution in [-0.4, -0.2) is 120 Å². The second-order valence-corrected chi connectivity index (χ2v) is 17.7. The topological polar surface area (TPSA) is 158 Å². The predicted molar refractivity (Wildman–Crippen MR) is 222 cm³/mol. The highest BCUT2D eigenvalue weighted by Crippen LogP contribution is 2.39. The van der Waals surface area contributed by atoms with Gasteiger partial charge in [0.25, 0.3) is 11.7 Å². The fourth-order valence-corrected chi connectivity index (χ4v) is 9.69. The second-order valence-electron chi connectivity index (χ2n) is 17.1. The lowest BCUT2D eigenvalue weighted by Crippen LogP contribution is -2.64. The number of nitrogens with zero attached hydrogens (tertiary/aromatic N) is 1. The number of fused-ring (bicyclic) bond motifs is 3. The molecule has 1 saturated carbocycles. The van der Waals surface area contributed by atoms with Crippen LogP contribution in [0.1, 0.15) is 112 Å². The van der Waals surface area contributed by atoms with Crippen LogP contribution in [-0.2, 0) is 42.9 Å². The summed E-state index contributed by atoms with van der Waals surface area (Å²) in [5.74, 6) is -7.31. The summed E-state index contributed by atoms with van der Waals surface area (Å²) in [6.45, 7) is 11.3. The molecule has 1 aliphatic carbocycles. The van der Waals surface area contributed by atoms with Crippen molar-refractivity contribution in [2.75, 3.05) is 27.9 Å². The van der Waals surface area contributed by atoms with Crippen molar-refractivity contribution in [3.05, 3.63) is 23.3 Å². The zero-order valence-corrected chi connectivity index (χ0v) is 37.3. The summed E-state index contributed by atoms with van der Waals surface area (Å²) in [6.07, 6.45) is 5.16. The van der Waals surface area contributed by atoms with Crippen LogP contribution in [0.3, 0.4) is 0 Å². The number of Topliss-reactive ketones (excluding diaryl/α,β-unsaturated/α-hetero) is 2. The lowest BCUT2D eigenvalue weighted by molar-refractivity contribution is -0.302. The number of hydrogen-bond acceptors (Lipinski definition) is 11. The maximum absolute atomic E-state index is 14.3. The third-order valence-corrected chi connectivity index (χ3v) is 13.3. The Bertz CT molecular complexity index is 1440. The number of piperidine rings is 1. The highest BCUT2D eigenvalue weighted by atomic mass is 35.5. The van der Waals surface area contributed by atoms with Gasteiger partial charge in [-0.25, -0.2) is 4.79 Å². The van der Waals surface area contributed by atoms with Gasteiger partial charge in [0.05, 0.1) is 29.8 Å². The second kappa shape index (κ2) is 22.1. The zero-order chi connectivity index (χ0) is 41.5. The summed E-state index contributed by atoms with van der Waals surface area (Å²) in [5, 5.41) is 23.6. The molecule has 0 spiro atoms. The van der Waals surface area contributed by atoms with Gasteiger partial charge in [-0.05, 0) is 95.5 Å². The number of aliphatic hydroxyl groups is 2. The van der Waals surface area contributed by atoms with Gasteiger partial charge in [-0.1, -0.05) is 45.4 Å². The molecule has 4 aliphatic rings. The highest BCUT2D eigenvalue weighted by molar-refractivity contribution is 7.59. The van der Waals surface area contributed by atoms with Gasteiger partial charge in [-0.3, -0.25) is 14.4 Å². The van der Waals surface area contributed by atoms with Crippen LogP contribution in [0.4, 0.5) is 0 Å². The summed E-state index contributed by atoms with van der Waals surface area (Å²) in [5.41, 5.74) is 1.71. The van der Waals surface area contributed by atoms with Gasteiger partial charge in [0.15, 0.2) is 0 Å². The first-order valence-electron chi connectivity index (χ1n) is 20.7. The number of allylic oxidation sites excluding steroid dienone is 3. The van der Waals surface area contributed by atoms with Crippen LogP contribution in [0.15, 0.2) is 23.3 Å². The Balaban J connectivity index is 0.00000870. The largest absolute Gasteiger partial charge is 0.456 e. The van der Waals surface area contributed by atoms with Gasteiger partial charge < -0.3 is 38.8 Å². The minimum absolute atomic E-state index is 0. The number of methoxy groups -OCH3 is 3. The highest BCUT2D eigenvalue weighted by Gasteiger charge is 2.56. The minimum atomic E-state index is -2.49. The van der Waals surface area contributed by atoms with Crippen LogP contribution in [0.2, 0.25) is 0 Å². The Morgan fingerprint density at radius 1 is 0.965 bits per heavy atom. The van der Waals surface area contributed by atoms with E-state index in [-0.39, 0.29) is 68.4 Å². The number of aliphatic hydroxyl groups excluding tert-OH is 1. The molecule has 3 heterocycles. The number of carbonyl (C=O) groups is 4. The number of cyclic esters (lactones) is 1. The van der Waals surface area contributed by atoms with E-state index in [0.29, 0.717) is 44.1 Å². The minimum Gasteiger partial charge on any atom is -0.456 e. The van der Waals surface area contributed by atoms with E-state index in [0.717, 1.165) is 18.4 Å². The number of halogens is 1. The molecule has 2 N–H and O–H groups in total. The quantitative estimate of drug-likeness (QED) is 0.144. The van der Waals surface area contributed by atoms with Crippen LogP contribution in [0, 0.1) is 29.6 Å². The van der Waals surface area contributed by atoms with Crippen molar-refractivity contribution in [3.8, 4) is 0 Å². The number of hydrogen-bond donors (Lipinski definition) is 2. The molecule has 12 nitrogen and oxygen atoms in total. The first kappa shape index (κ1) is 49.5. The summed E-state index contributed by atoms with van der Waals surface area (Å²) < 4.78 is 29.9. The number of rotatable bonds is 6. The number of ether oxygens (including phenoxy) is 5. The van der Waals surface area contributed by atoms with E-state index in [4.69, 9.17) is 35.3 Å². The molecule has 0 radical (unpaired) electrons. The molecule has 326 valence electrons. The first-order chi connectivity index (χ1) is 26.5. The normalized spacial score (nSPS) is 40.8. The van der Waals surface area contributed by atoms with Gasteiger partial charge in [-0.2, -0.15) is 13.5 Å². The molecule has 14 heteroatoms. The van der Waals surface area contributed by atoms with Crippen molar-refractivity contribution in [1.82, 2.24) is 4.90 Å². The lowest BCUT2D eigenvalue weighted by Gasteiger charge is -2.47. The number of amides is 1. The Labute approximate surface area is 352 Å². The zero-order valence-electron chi connectivity index (χ0n) is 35.5. The first-order valence-corrected chi connectivity index (χ1v) is 21.2. The van der Waals surface area contributed by atoms with Gasteiger partial charge in [-0.15, -0.1) is 11.6 Å². The van der Waals surface area contributed by atoms with Gasteiger partial charge >= 0.3 is 5.97 Å². The van der Waals surface area contributed by atoms with Crippen molar-refractivity contribution < 1.29 is 53.1 Å². The molecule has 3 aliphatic heterocycles. The maximum atomic E-state index is 14.3. The van der Waals surface area contributed by atoms with Gasteiger partial charge in [0, 0.05) is 52.0 Å². The molecule has 2 saturated heterocycles. The SMILES string of the molecule is CC[C@@H]1/C=C(\C)C[C@H](C)C[C@H](OC)[C@H]2O[C@@](O)(C(=O)C(=O)N3CCCC[C@H]3C(=O)O[C@H](/C(C)=C/[C@@H]3CC[C@H](Cl)[C@H](OC)C3)[C@H](C)[C@@H](O)CC1=O)[C@H](C)C[C@@H]2OC.S. The molecule has 0 unspecified atom stereocenters. The summed E-state index contributed by atoms with van der Waals surface area (Å²) in [6, 6.07) is -1.12. The molecular formula is C43H70ClNO11S. The van der Waals surface area contributed by atoms with Crippen LogP contribution < -0.4 is 0 Å². The Kier molecular flexibility index (Phi) is 19.2. The fourth-order valence-electron chi connectivity index (χ4n) is 9.36. The number of carbonyl (C=O) groups excluding carboxylic acids is 4. The molecule has 0 aromatic carbocycles. The molecule has 0 aromatic rings. The Morgan fingerprint density at radius 3 is 2.25 bits per heavy atom. The standard InChI is InChI=1S/C43H68ClNO11.H2S/c1-10-30-18-24(2)17-25(3)19-36(53-8)39-37(54-9)21-27(5)43(51,56-39)40(48)41(49)45-16-12-11-13-32(45)42(50)55-38(28(6)33(46)23-34(30)47)26(4)20-29-14-15-31(44)35(22-29)52-7;/h18,20,25,27-33,35-39,46,51H,10-17,19,21-23H2,1-9H3;1H2/b24-18+,26-20+;/t25-,27+,28+,29-,30+,31-,32-,33-,35+,36-,37-,38+,39+,43+;/m0./s1. The van der Waals surface area contributed by atoms with E-state index in [1.807, 2.05) is 32.9 Å². The molecule has 0 aromatic heterocycles. The predicted octanol–water partition coefficient (Wildman–Crippen LogP) is 5.83. The maximum Gasteiger partial charge on any atom is 0.329 e. The van der Waals surface area contributed by atoms with E-state index in [9.17, 15) is 29.4 Å².